The standard InChI is InChI=1S/C25H26N2O3S/c1-3-7-18-12-14-19(15-13-18)27-25(29)22-10-4-5-11-23(22)31-17-24(28)26-20-8-6-9-21(16-20)30-2/h4-6,8-16H,3,7,17H2,1-2H3,(H,26,28)(H,27,29). The first-order chi connectivity index (χ1) is 15.1. The van der Waals surface area contributed by atoms with Gasteiger partial charge in [-0.1, -0.05) is 43.7 Å². The maximum absolute atomic E-state index is 12.8. The molecule has 0 saturated carbocycles. The molecular formula is C25H26N2O3S. The second-order valence-corrected chi connectivity index (χ2v) is 7.98. The Morgan fingerprint density at radius 3 is 2.42 bits per heavy atom. The minimum atomic E-state index is -0.195. The van der Waals surface area contributed by atoms with Gasteiger partial charge in [-0.3, -0.25) is 9.59 Å². The smallest absolute Gasteiger partial charge is 0.256 e. The van der Waals surface area contributed by atoms with Gasteiger partial charge in [-0.2, -0.15) is 0 Å². The number of thioether (sulfide) groups is 1. The fraction of sp³-hybridized carbons (Fsp3) is 0.200. The fourth-order valence-corrected chi connectivity index (χ4v) is 3.91. The predicted molar refractivity (Wildman–Crippen MR) is 127 cm³/mol. The number of aryl methyl sites for hydroxylation is 1. The lowest BCUT2D eigenvalue weighted by Crippen LogP contribution is -2.16. The molecule has 6 heteroatoms. The Bertz CT molecular complexity index is 1030. The van der Waals surface area contributed by atoms with Crippen LogP contribution in [0.5, 0.6) is 5.75 Å². The number of hydrogen-bond acceptors (Lipinski definition) is 4. The van der Waals surface area contributed by atoms with Gasteiger partial charge in [0.15, 0.2) is 0 Å². The van der Waals surface area contributed by atoms with Crippen molar-refractivity contribution in [3.8, 4) is 5.75 Å². The molecule has 0 radical (unpaired) electrons. The van der Waals surface area contributed by atoms with Crippen LogP contribution in [0.15, 0.2) is 77.7 Å². The number of ether oxygens (including phenoxy) is 1. The molecule has 0 saturated heterocycles. The molecule has 3 rings (SSSR count). The predicted octanol–water partition coefficient (Wildman–Crippen LogP) is 5.63. The van der Waals surface area contributed by atoms with E-state index >= 15 is 0 Å². The van der Waals surface area contributed by atoms with Crippen molar-refractivity contribution in [2.24, 2.45) is 0 Å². The lowest BCUT2D eigenvalue weighted by molar-refractivity contribution is -0.113. The number of carbonyl (C=O) groups excluding carboxylic acids is 2. The molecule has 0 atom stereocenters. The van der Waals surface area contributed by atoms with E-state index in [1.807, 2.05) is 54.6 Å². The van der Waals surface area contributed by atoms with Crippen molar-refractivity contribution in [3.05, 3.63) is 83.9 Å². The van der Waals surface area contributed by atoms with Gasteiger partial charge in [0.25, 0.3) is 5.91 Å². The van der Waals surface area contributed by atoms with Crippen LogP contribution < -0.4 is 15.4 Å². The lowest BCUT2D eigenvalue weighted by atomic mass is 10.1. The van der Waals surface area contributed by atoms with E-state index in [4.69, 9.17) is 4.74 Å². The largest absolute Gasteiger partial charge is 0.497 e. The van der Waals surface area contributed by atoms with Crippen molar-refractivity contribution >= 4 is 35.0 Å². The summed E-state index contributed by atoms with van der Waals surface area (Å²) in [5.41, 5.74) is 3.21. The Balaban J connectivity index is 1.61. The first kappa shape index (κ1) is 22.4. The normalized spacial score (nSPS) is 10.4. The molecule has 2 amide bonds. The molecule has 0 fully saturated rings. The molecule has 0 aliphatic carbocycles. The first-order valence-electron chi connectivity index (χ1n) is 10.1. The molecule has 160 valence electrons. The number of benzene rings is 3. The minimum absolute atomic E-state index is 0.153. The summed E-state index contributed by atoms with van der Waals surface area (Å²) in [5.74, 6) is 0.516. The Hall–Kier alpha value is -3.25. The summed E-state index contributed by atoms with van der Waals surface area (Å²) >= 11 is 1.33. The second kappa shape index (κ2) is 11.2. The highest BCUT2D eigenvalue weighted by Crippen LogP contribution is 2.24. The molecule has 0 spiro atoms. The topological polar surface area (TPSA) is 67.4 Å². The molecule has 3 aromatic rings. The van der Waals surface area contributed by atoms with E-state index < -0.39 is 0 Å². The highest BCUT2D eigenvalue weighted by molar-refractivity contribution is 8.00. The van der Waals surface area contributed by atoms with E-state index in [1.54, 1.807) is 25.3 Å². The van der Waals surface area contributed by atoms with Crippen LogP contribution in [0.2, 0.25) is 0 Å². The lowest BCUT2D eigenvalue weighted by Gasteiger charge is -2.11. The molecule has 0 aliphatic rings. The van der Waals surface area contributed by atoms with Crippen LogP contribution in [0.25, 0.3) is 0 Å². The van der Waals surface area contributed by atoms with E-state index in [2.05, 4.69) is 17.6 Å². The molecule has 0 heterocycles. The van der Waals surface area contributed by atoms with Crippen LogP contribution in [-0.4, -0.2) is 24.7 Å². The van der Waals surface area contributed by atoms with Crippen LogP contribution in [0.4, 0.5) is 11.4 Å². The summed E-state index contributed by atoms with van der Waals surface area (Å²) in [6, 6.07) is 22.4. The van der Waals surface area contributed by atoms with Gasteiger partial charge in [0.1, 0.15) is 5.75 Å². The third kappa shape index (κ3) is 6.62. The van der Waals surface area contributed by atoms with Crippen LogP contribution in [0, 0.1) is 0 Å². The summed E-state index contributed by atoms with van der Waals surface area (Å²) in [6.45, 7) is 2.14. The summed E-state index contributed by atoms with van der Waals surface area (Å²) in [7, 11) is 1.58. The van der Waals surface area contributed by atoms with E-state index in [9.17, 15) is 9.59 Å². The van der Waals surface area contributed by atoms with E-state index in [-0.39, 0.29) is 17.6 Å². The quantitative estimate of drug-likeness (QED) is 0.428. The third-order valence-corrected chi connectivity index (χ3v) is 5.67. The van der Waals surface area contributed by atoms with Crippen LogP contribution in [0.1, 0.15) is 29.3 Å². The maximum atomic E-state index is 12.8. The van der Waals surface area contributed by atoms with E-state index in [0.717, 1.165) is 23.4 Å². The van der Waals surface area contributed by atoms with Gasteiger partial charge in [0.2, 0.25) is 5.91 Å². The van der Waals surface area contributed by atoms with Crippen molar-refractivity contribution in [1.29, 1.82) is 0 Å². The molecule has 3 aromatic carbocycles. The fourth-order valence-electron chi connectivity index (χ4n) is 3.06. The number of carbonyl (C=O) groups is 2. The number of rotatable bonds is 9. The Morgan fingerprint density at radius 2 is 1.68 bits per heavy atom. The molecule has 5 nitrogen and oxygen atoms in total. The number of methoxy groups -OCH3 is 1. The van der Waals surface area contributed by atoms with Crippen LogP contribution in [-0.2, 0) is 11.2 Å². The summed E-state index contributed by atoms with van der Waals surface area (Å²) in [4.78, 5) is 25.9. The van der Waals surface area contributed by atoms with Crippen LogP contribution in [0.3, 0.4) is 0 Å². The molecule has 31 heavy (non-hydrogen) atoms. The highest BCUT2D eigenvalue weighted by Gasteiger charge is 2.13. The summed E-state index contributed by atoms with van der Waals surface area (Å²) in [6.07, 6.45) is 2.10. The molecule has 0 unspecified atom stereocenters. The number of nitrogens with one attached hydrogen (secondary N) is 2. The highest BCUT2D eigenvalue weighted by atomic mass is 32.2. The Kier molecular flexibility index (Phi) is 8.12. The number of amides is 2. The second-order valence-electron chi connectivity index (χ2n) is 6.97. The van der Waals surface area contributed by atoms with Gasteiger partial charge in [-0.15, -0.1) is 11.8 Å². The molecule has 0 aliphatic heterocycles. The SMILES string of the molecule is CCCc1ccc(NC(=O)c2ccccc2SCC(=O)Nc2cccc(OC)c2)cc1. The minimum Gasteiger partial charge on any atom is -0.497 e. The van der Waals surface area contributed by atoms with Crippen molar-refractivity contribution in [2.45, 2.75) is 24.7 Å². The molecular weight excluding hydrogens is 408 g/mol. The molecule has 0 bridgehead atoms. The van der Waals surface area contributed by atoms with Gasteiger partial charge in [-0.25, -0.2) is 0 Å². The number of hydrogen-bond donors (Lipinski definition) is 2. The zero-order chi connectivity index (χ0) is 22.1. The van der Waals surface area contributed by atoms with Gasteiger partial charge >= 0.3 is 0 Å². The van der Waals surface area contributed by atoms with Crippen molar-refractivity contribution in [3.63, 3.8) is 0 Å². The zero-order valence-electron chi connectivity index (χ0n) is 17.7. The molecule has 0 aromatic heterocycles. The van der Waals surface area contributed by atoms with Gasteiger partial charge < -0.3 is 15.4 Å². The summed E-state index contributed by atoms with van der Waals surface area (Å²) in [5, 5.41) is 5.79. The molecule has 2 N–H and O–H groups in total. The van der Waals surface area contributed by atoms with Gasteiger partial charge in [0, 0.05) is 22.3 Å². The van der Waals surface area contributed by atoms with E-state index in [0.29, 0.717) is 17.0 Å². The van der Waals surface area contributed by atoms with Crippen molar-refractivity contribution in [2.75, 3.05) is 23.5 Å². The maximum Gasteiger partial charge on any atom is 0.256 e. The van der Waals surface area contributed by atoms with Crippen molar-refractivity contribution in [1.82, 2.24) is 0 Å². The zero-order valence-corrected chi connectivity index (χ0v) is 18.5. The Morgan fingerprint density at radius 1 is 0.903 bits per heavy atom. The van der Waals surface area contributed by atoms with Gasteiger partial charge in [0.05, 0.1) is 18.4 Å². The van der Waals surface area contributed by atoms with E-state index in [1.165, 1.54) is 17.3 Å². The third-order valence-electron chi connectivity index (χ3n) is 4.59. The van der Waals surface area contributed by atoms with Gasteiger partial charge in [-0.05, 0) is 48.4 Å². The Labute approximate surface area is 187 Å². The monoisotopic (exact) mass is 434 g/mol. The van der Waals surface area contributed by atoms with Crippen molar-refractivity contribution < 1.29 is 14.3 Å². The summed E-state index contributed by atoms with van der Waals surface area (Å²) < 4.78 is 5.17. The average molecular weight is 435 g/mol. The van der Waals surface area contributed by atoms with Crippen LogP contribution >= 0.6 is 11.8 Å². The number of anilines is 2. The average Bonchev–Trinajstić information content (AvgIpc) is 2.79. The first-order valence-corrected chi connectivity index (χ1v) is 11.1.